The van der Waals surface area contributed by atoms with Crippen molar-refractivity contribution >= 4 is 0 Å². The zero-order valence-corrected chi connectivity index (χ0v) is 10.6. The Morgan fingerprint density at radius 2 is 1.94 bits per heavy atom. The van der Waals surface area contributed by atoms with Crippen LogP contribution in [0.25, 0.3) is 11.3 Å². The molecule has 18 heavy (non-hydrogen) atoms. The fraction of sp³-hybridized carbons (Fsp3) is 0.333. The molecule has 1 aliphatic carbocycles. The van der Waals surface area contributed by atoms with Gasteiger partial charge in [0, 0.05) is 12.1 Å². The van der Waals surface area contributed by atoms with Crippen molar-refractivity contribution in [1.82, 2.24) is 15.5 Å². The van der Waals surface area contributed by atoms with Gasteiger partial charge in [-0.2, -0.15) is 10.2 Å². The maximum absolute atomic E-state index is 4.30. The Bertz CT molecular complexity index is 546. The topological polar surface area (TPSA) is 37.8 Å². The lowest BCUT2D eigenvalue weighted by atomic mass is 10.0. The third-order valence-corrected chi connectivity index (χ3v) is 3.47. The second-order valence-corrected chi connectivity index (χ2v) is 4.78. The van der Waals surface area contributed by atoms with E-state index in [4.69, 9.17) is 0 Å². The Kier molecular flexibility index (Phi) is 3.07. The lowest BCUT2D eigenvalue weighted by Crippen LogP contribution is -2.07. The average molecular weight is 239 g/mol. The molecule has 0 saturated heterocycles. The molecule has 1 aliphatic rings. The number of nitrogens with zero attached hydrogens (tertiary/aromatic N) is 2. The smallest absolute Gasteiger partial charge is 0.0929 e. The molecule has 1 aromatic carbocycles. The molecular weight excluding hydrogens is 222 g/mol. The third-order valence-electron chi connectivity index (χ3n) is 3.47. The fourth-order valence-electron chi connectivity index (χ4n) is 2.52. The zero-order valence-electron chi connectivity index (χ0n) is 10.6. The number of hydrogen-bond acceptors (Lipinski definition) is 3. The number of hydrogen-bond donors (Lipinski definition) is 1. The molecule has 0 amide bonds. The number of fused-ring (bicyclic) bond motifs is 1. The van der Waals surface area contributed by atoms with Crippen LogP contribution in [0.3, 0.4) is 0 Å². The molecule has 92 valence electrons. The molecule has 3 rings (SSSR count). The van der Waals surface area contributed by atoms with E-state index in [1.165, 1.54) is 36.0 Å². The molecule has 1 N–H and O–H groups in total. The minimum Gasteiger partial charge on any atom is -0.314 e. The summed E-state index contributed by atoms with van der Waals surface area (Å²) < 4.78 is 0. The van der Waals surface area contributed by atoms with Crippen LogP contribution in [0.4, 0.5) is 0 Å². The van der Waals surface area contributed by atoms with Gasteiger partial charge in [-0.1, -0.05) is 12.1 Å². The second kappa shape index (κ2) is 4.86. The molecule has 0 spiro atoms. The van der Waals surface area contributed by atoms with Crippen LogP contribution < -0.4 is 5.32 Å². The van der Waals surface area contributed by atoms with Crippen molar-refractivity contribution in [1.29, 1.82) is 0 Å². The van der Waals surface area contributed by atoms with Gasteiger partial charge in [0.15, 0.2) is 0 Å². The number of rotatable bonds is 3. The van der Waals surface area contributed by atoms with E-state index < -0.39 is 0 Å². The molecule has 0 saturated carbocycles. The predicted molar refractivity (Wildman–Crippen MR) is 72.3 cm³/mol. The largest absolute Gasteiger partial charge is 0.314 e. The highest BCUT2D eigenvalue weighted by Gasteiger charge is 2.11. The van der Waals surface area contributed by atoms with Crippen LogP contribution in [0.5, 0.6) is 0 Å². The van der Waals surface area contributed by atoms with Gasteiger partial charge in [0.25, 0.3) is 0 Å². The van der Waals surface area contributed by atoms with Gasteiger partial charge in [0.1, 0.15) is 0 Å². The van der Waals surface area contributed by atoms with Gasteiger partial charge in [0.2, 0.25) is 0 Å². The average Bonchev–Trinajstić information content (AvgIpc) is 2.87. The Balaban J connectivity index is 1.90. The number of nitrogens with one attached hydrogen (secondary N) is 1. The summed E-state index contributed by atoms with van der Waals surface area (Å²) in [6.45, 7) is 0.761. The van der Waals surface area contributed by atoms with Crippen molar-refractivity contribution in [2.75, 3.05) is 7.05 Å². The van der Waals surface area contributed by atoms with Crippen LogP contribution in [0.2, 0.25) is 0 Å². The van der Waals surface area contributed by atoms with E-state index in [9.17, 15) is 0 Å². The minimum atomic E-state index is 0.761. The van der Waals surface area contributed by atoms with E-state index in [1.54, 1.807) is 0 Å². The van der Waals surface area contributed by atoms with Crippen molar-refractivity contribution in [2.24, 2.45) is 0 Å². The standard InChI is InChI=1S/C15H17N3/c1-16-10-14-7-8-15(18-17-14)13-6-5-11-3-2-4-12(11)9-13/h5-9,16H,2-4,10H2,1H3. The van der Waals surface area contributed by atoms with E-state index in [0.29, 0.717) is 0 Å². The lowest BCUT2D eigenvalue weighted by Gasteiger charge is -2.05. The first-order valence-electron chi connectivity index (χ1n) is 6.46. The highest BCUT2D eigenvalue weighted by atomic mass is 15.1. The van der Waals surface area contributed by atoms with Gasteiger partial charge in [-0.05, 0) is 55.6 Å². The molecule has 1 heterocycles. The Hall–Kier alpha value is -1.74. The highest BCUT2D eigenvalue weighted by Crippen LogP contribution is 2.26. The molecule has 2 aromatic rings. The number of aryl methyl sites for hydroxylation is 2. The van der Waals surface area contributed by atoms with Crippen LogP contribution in [0, 0.1) is 0 Å². The lowest BCUT2D eigenvalue weighted by molar-refractivity contribution is 0.768. The van der Waals surface area contributed by atoms with Crippen molar-refractivity contribution in [3.63, 3.8) is 0 Å². The fourth-order valence-corrected chi connectivity index (χ4v) is 2.52. The molecule has 3 nitrogen and oxygen atoms in total. The third kappa shape index (κ3) is 2.14. The molecule has 0 bridgehead atoms. The summed E-state index contributed by atoms with van der Waals surface area (Å²) in [7, 11) is 1.91. The monoisotopic (exact) mass is 239 g/mol. The zero-order chi connectivity index (χ0) is 12.4. The Morgan fingerprint density at radius 3 is 2.72 bits per heavy atom. The summed E-state index contributed by atoms with van der Waals surface area (Å²) in [5.41, 5.74) is 6.10. The molecule has 0 radical (unpaired) electrons. The van der Waals surface area contributed by atoms with E-state index in [0.717, 1.165) is 17.9 Å². The molecule has 1 aromatic heterocycles. The van der Waals surface area contributed by atoms with Gasteiger partial charge < -0.3 is 5.32 Å². The number of aromatic nitrogens is 2. The quantitative estimate of drug-likeness (QED) is 0.893. The molecule has 0 atom stereocenters. The molecule has 0 fully saturated rings. The van der Waals surface area contributed by atoms with Crippen LogP contribution in [-0.4, -0.2) is 17.2 Å². The van der Waals surface area contributed by atoms with Gasteiger partial charge in [-0.25, -0.2) is 0 Å². The van der Waals surface area contributed by atoms with Crippen LogP contribution >= 0.6 is 0 Å². The summed E-state index contributed by atoms with van der Waals surface area (Å²) in [6, 6.07) is 10.7. The van der Waals surface area contributed by atoms with Gasteiger partial charge in [0.05, 0.1) is 11.4 Å². The highest BCUT2D eigenvalue weighted by molar-refractivity contribution is 5.61. The molecule has 0 unspecified atom stereocenters. The van der Waals surface area contributed by atoms with Crippen LogP contribution in [0.1, 0.15) is 23.2 Å². The van der Waals surface area contributed by atoms with E-state index in [1.807, 2.05) is 13.1 Å². The first kappa shape index (κ1) is 11.4. The van der Waals surface area contributed by atoms with E-state index in [2.05, 4.69) is 39.8 Å². The SMILES string of the molecule is CNCc1ccc(-c2ccc3c(c2)CCC3)nn1. The summed E-state index contributed by atoms with van der Waals surface area (Å²) in [4.78, 5) is 0. The number of benzene rings is 1. The minimum absolute atomic E-state index is 0.761. The first-order chi connectivity index (χ1) is 8.86. The summed E-state index contributed by atoms with van der Waals surface area (Å²) in [6.07, 6.45) is 3.71. The van der Waals surface area contributed by atoms with Crippen molar-refractivity contribution < 1.29 is 0 Å². The summed E-state index contributed by atoms with van der Waals surface area (Å²) >= 11 is 0. The van der Waals surface area contributed by atoms with Crippen LogP contribution in [-0.2, 0) is 19.4 Å². The van der Waals surface area contributed by atoms with Crippen molar-refractivity contribution in [2.45, 2.75) is 25.8 Å². The molecule has 3 heteroatoms. The Morgan fingerprint density at radius 1 is 1.06 bits per heavy atom. The van der Waals surface area contributed by atoms with Crippen molar-refractivity contribution in [3.05, 3.63) is 47.2 Å². The van der Waals surface area contributed by atoms with E-state index in [-0.39, 0.29) is 0 Å². The maximum Gasteiger partial charge on any atom is 0.0929 e. The maximum atomic E-state index is 4.30. The van der Waals surface area contributed by atoms with Crippen LogP contribution in [0.15, 0.2) is 30.3 Å². The van der Waals surface area contributed by atoms with Gasteiger partial charge in [-0.3, -0.25) is 0 Å². The van der Waals surface area contributed by atoms with Gasteiger partial charge >= 0.3 is 0 Å². The summed E-state index contributed by atoms with van der Waals surface area (Å²) in [5.74, 6) is 0. The molecule has 0 aliphatic heterocycles. The predicted octanol–water partition coefficient (Wildman–Crippen LogP) is 2.35. The molecular formula is C15H17N3. The van der Waals surface area contributed by atoms with Crippen molar-refractivity contribution in [3.8, 4) is 11.3 Å². The summed E-state index contributed by atoms with van der Waals surface area (Å²) in [5, 5.41) is 11.6. The first-order valence-corrected chi connectivity index (χ1v) is 6.46. The van der Waals surface area contributed by atoms with E-state index >= 15 is 0 Å². The van der Waals surface area contributed by atoms with Gasteiger partial charge in [-0.15, -0.1) is 0 Å². The Labute approximate surface area is 107 Å². The normalized spacial score (nSPS) is 13.6. The second-order valence-electron chi connectivity index (χ2n) is 4.78.